The molecule has 4 fully saturated rings. The summed E-state index contributed by atoms with van der Waals surface area (Å²) in [5.74, 6) is 1.77. The predicted octanol–water partition coefficient (Wildman–Crippen LogP) is 5.26. The van der Waals surface area contributed by atoms with Crippen LogP contribution in [0.1, 0.15) is 62.0 Å². The van der Waals surface area contributed by atoms with Crippen LogP contribution in [0, 0.1) is 5.92 Å². The van der Waals surface area contributed by atoms with Crippen molar-refractivity contribution in [3.63, 3.8) is 0 Å². The molecular formula is C29H35FN4O. The largest absolute Gasteiger partial charge is 0.487 e. The second-order valence-corrected chi connectivity index (χ2v) is 11.4. The summed E-state index contributed by atoms with van der Waals surface area (Å²) in [5.41, 5.74) is 5.48. The number of para-hydroxylation sites is 1. The van der Waals surface area contributed by atoms with Gasteiger partial charge in [0.15, 0.2) is 0 Å². The van der Waals surface area contributed by atoms with E-state index in [2.05, 4.69) is 58.1 Å². The number of alkyl halides is 1. The lowest BCUT2D eigenvalue weighted by atomic mass is 9.48. The highest BCUT2D eigenvalue weighted by molar-refractivity contribution is 5.85. The first-order valence-corrected chi connectivity index (χ1v) is 13.4. The molecule has 0 radical (unpaired) electrons. The van der Waals surface area contributed by atoms with Crippen molar-refractivity contribution < 1.29 is 9.13 Å². The number of hydrogen-bond donors (Lipinski definition) is 1. The summed E-state index contributed by atoms with van der Waals surface area (Å²) in [4.78, 5) is 13.9. The maximum atomic E-state index is 12.5. The summed E-state index contributed by atoms with van der Waals surface area (Å²) in [7, 11) is 0. The number of fused-ring (bicyclic) bond motifs is 3. The summed E-state index contributed by atoms with van der Waals surface area (Å²) in [6.45, 7) is 4.84. The van der Waals surface area contributed by atoms with Gasteiger partial charge in [0.1, 0.15) is 11.9 Å². The fraction of sp³-hybridized carbons (Fsp3) is 0.552. The Hall–Kier alpha value is -2.44. The van der Waals surface area contributed by atoms with E-state index in [0.717, 1.165) is 49.8 Å². The number of hydrogen-bond acceptors (Lipinski definition) is 4. The fourth-order valence-corrected chi connectivity index (χ4v) is 7.44. The first-order chi connectivity index (χ1) is 17.1. The average Bonchev–Trinajstić information content (AvgIpc) is 3.41. The summed E-state index contributed by atoms with van der Waals surface area (Å²) >= 11 is 0. The standard InChI is InChI=1S/C29H35FN4O/c1-19-13-24-23-5-2-3-6-25(23)32-27(24)28(34(19)29-14-20(15-29)16-29)26-8-7-21(17-31-26)35-22-9-12-33(18-22)11-4-10-30/h2-3,5-8,17,19-20,22,28,32H,4,9-16,18H2,1H3/t19-,20?,22+,28-,29?/m1/s1. The van der Waals surface area contributed by atoms with E-state index in [-0.39, 0.29) is 18.8 Å². The molecule has 2 aromatic heterocycles. The van der Waals surface area contributed by atoms with Gasteiger partial charge in [-0.25, -0.2) is 0 Å². The molecule has 4 heterocycles. The molecule has 3 aliphatic carbocycles. The van der Waals surface area contributed by atoms with Crippen LogP contribution in [0.25, 0.3) is 10.9 Å². The number of aromatic nitrogens is 2. The van der Waals surface area contributed by atoms with E-state index >= 15 is 0 Å². The number of pyridine rings is 1. The van der Waals surface area contributed by atoms with E-state index in [9.17, 15) is 4.39 Å². The maximum absolute atomic E-state index is 12.5. The lowest BCUT2D eigenvalue weighted by Crippen LogP contribution is -2.71. The Bertz CT molecular complexity index is 1210. The number of ether oxygens (including phenoxy) is 1. The number of nitrogens with zero attached hydrogens (tertiary/aromatic N) is 3. The summed E-state index contributed by atoms with van der Waals surface area (Å²) in [6.07, 6.45) is 8.78. The van der Waals surface area contributed by atoms with Crippen LogP contribution >= 0.6 is 0 Å². The average molecular weight is 475 g/mol. The number of H-pyrrole nitrogens is 1. The Kier molecular flexibility index (Phi) is 5.18. The van der Waals surface area contributed by atoms with Gasteiger partial charge in [-0.15, -0.1) is 0 Å². The molecule has 184 valence electrons. The van der Waals surface area contributed by atoms with Gasteiger partial charge in [0.2, 0.25) is 0 Å². The van der Waals surface area contributed by atoms with Gasteiger partial charge in [0.25, 0.3) is 0 Å². The molecule has 1 aromatic carbocycles. The Morgan fingerprint density at radius 2 is 2.03 bits per heavy atom. The van der Waals surface area contributed by atoms with E-state index in [1.807, 2.05) is 6.20 Å². The van der Waals surface area contributed by atoms with Crippen LogP contribution in [0.4, 0.5) is 4.39 Å². The zero-order valence-electron chi connectivity index (χ0n) is 20.5. The van der Waals surface area contributed by atoms with Gasteiger partial charge in [0, 0.05) is 47.8 Å². The van der Waals surface area contributed by atoms with Crippen LogP contribution in [0.5, 0.6) is 5.75 Å². The van der Waals surface area contributed by atoms with Crippen LogP contribution in [0.2, 0.25) is 0 Å². The quantitative estimate of drug-likeness (QED) is 0.507. The lowest BCUT2D eigenvalue weighted by Gasteiger charge is -2.69. The number of benzene rings is 1. The highest BCUT2D eigenvalue weighted by atomic mass is 19.1. The van der Waals surface area contributed by atoms with Crippen molar-refractivity contribution in [3.8, 4) is 5.75 Å². The highest BCUT2D eigenvalue weighted by Crippen LogP contribution is 2.64. The zero-order valence-corrected chi connectivity index (χ0v) is 20.5. The van der Waals surface area contributed by atoms with Gasteiger partial charge in [-0.2, -0.15) is 0 Å². The molecule has 2 bridgehead atoms. The molecule has 35 heavy (non-hydrogen) atoms. The molecule has 3 atom stereocenters. The molecule has 0 unspecified atom stereocenters. The number of likely N-dealkylation sites (tertiary alicyclic amines) is 1. The molecule has 3 saturated carbocycles. The lowest BCUT2D eigenvalue weighted by molar-refractivity contribution is -0.174. The van der Waals surface area contributed by atoms with Gasteiger partial charge >= 0.3 is 0 Å². The van der Waals surface area contributed by atoms with Gasteiger partial charge < -0.3 is 9.72 Å². The molecule has 0 spiro atoms. The molecular weight excluding hydrogens is 439 g/mol. The molecule has 8 rings (SSSR count). The number of nitrogens with one attached hydrogen (secondary N) is 1. The van der Waals surface area contributed by atoms with Gasteiger partial charge in [-0.1, -0.05) is 18.2 Å². The van der Waals surface area contributed by atoms with Gasteiger partial charge in [0.05, 0.1) is 24.6 Å². The van der Waals surface area contributed by atoms with Crippen molar-refractivity contribution in [2.24, 2.45) is 5.92 Å². The van der Waals surface area contributed by atoms with E-state index < -0.39 is 0 Å². The van der Waals surface area contributed by atoms with Crippen LogP contribution in [0.15, 0.2) is 42.6 Å². The van der Waals surface area contributed by atoms with Crippen molar-refractivity contribution >= 4 is 10.9 Å². The third-order valence-electron chi connectivity index (χ3n) is 9.11. The second kappa shape index (κ2) is 8.31. The molecule has 5 nitrogen and oxygen atoms in total. The molecule has 5 aliphatic rings. The fourth-order valence-electron chi connectivity index (χ4n) is 7.44. The van der Waals surface area contributed by atoms with Crippen molar-refractivity contribution in [3.05, 3.63) is 59.5 Å². The van der Waals surface area contributed by atoms with Crippen LogP contribution in [0.3, 0.4) is 0 Å². The van der Waals surface area contributed by atoms with E-state index in [1.54, 1.807) is 0 Å². The molecule has 1 N–H and O–H groups in total. The van der Waals surface area contributed by atoms with Crippen LogP contribution in [-0.4, -0.2) is 63.8 Å². The Balaban J connectivity index is 1.18. The second-order valence-electron chi connectivity index (χ2n) is 11.4. The predicted molar refractivity (Wildman–Crippen MR) is 136 cm³/mol. The van der Waals surface area contributed by atoms with E-state index in [0.29, 0.717) is 18.0 Å². The smallest absolute Gasteiger partial charge is 0.138 e. The normalized spacial score (nSPS) is 32.3. The first kappa shape index (κ1) is 21.8. The van der Waals surface area contributed by atoms with E-state index in [1.165, 1.54) is 41.4 Å². The van der Waals surface area contributed by atoms with Gasteiger partial charge in [-0.05, 0) is 75.1 Å². The Morgan fingerprint density at radius 1 is 1.17 bits per heavy atom. The molecule has 3 aromatic rings. The maximum Gasteiger partial charge on any atom is 0.138 e. The molecule has 1 saturated heterocycles. The third kappa shape index (κ3) is 3.52. The zero-order chi connectivity index (χ0) is 23.6. The van der Waals surface area contributed by atoms with Crippen molar-refractivity contribution in [1.29, 1.82) is 0 Å². The molecule has 2 aliphatic heterocycles. The van der Waals surface area contributed by atoms with Crippen LogP contribution < -0.4 is 4.74 Å². The minimum absolute atomic E-state index is 0.152. The number of rotatable bonds is 7. The number of halogens is 1. The minimum atomic E-state index is -0.246. The Labute approximate surface area is 206 Å². The van der Waals surface area contributed by atoms with Crippen molar-refractivity contribution in [2.45, 2.75) is 69.2 Å². The first-order valence-electron chi connectivity index (χ1n) is 13.4. The Morgan fingerprint density at radius 3 is 2.77 bits per heavy atom. The SMILES string of the molecule is C[C@@H]1Cc2c([nH]c3ccccc23)[C@@H](c2ccc(O[C@H]3CCN(CCCF)C3)cn2)N1C12CC(C1)C2. The third-order valence-corrected chi connectivity index (χ3v) is 9.11. The highest BCUT2D eigenvalue weighted by Gasteiger charge is 2.63. The molecule has 0 amide bonds. The molecule has 6 heteroatoms. The van der Waals surface area contributed by atoms with Crippen molar-refractivity contribution in [1.82, 2.24) is 19.8 Å². The monoisotopic (exact) mass is 474 g/mol. The summed E-state index contributed by atoms with van der Waals surface area (Å²) in [6, 6.07) is 13.6. The van der Waals surface area contributed by atoms with Crippen molar-refractivity contribution in [2.75, 3.05) is 26.3 Å². The summed E-state index contributed by atoms with van der Waals surface area (Å²) < 4.78 is 18.8. The van der Waals surface area contributed by atoms with Crippen LogP contribution in [-0.2, 0) is 6.42 Å². The topological polar surface area (TPSA) is 44.4 Å². The minimum Gasteiger partial charge on any atom is -0.487 e. The van der Waals surface area contributed by atoms with E-state index in [4.69, 9.17) is 9.72 Å². The van der Waals surface area contributed by atoms with Gasteiger partial charge in [-0.3, -0.25) is 19.2 Å². The number of aromatic amines is 1. The summed E-state index contributed by atoms with van der Waals surface area (Å²) in [5, 5.41) is 1.36.